The van der Waals surface area contributed by atoms with E-state index < -0.39 is 0 Å². The highest BCUT2D eigenvalue weighted by atomic mass is 35.5. The summed E-state index contributed by atoms with van der Waals surface area (Å²) < 4.78 is 11.3. The van der Waals surface area contributed by atoms with Gasteiger partial charge < -0.3 is 14.8 Å². The first-order valence-electron chi connectivity index (χ1n) is 6.77. The Kier molecular flexibility index (Phi) is 5.08. The van der Waals surface area contributed by atoms with Gasteiger partial charge in [0.05, 0.1) is 13.2 Å². The minimum atomic E-state index is 0.258. The largest absolute Gasteiger partial charge is 0.496 e. The molecule has 2 rings (SSSR count). The van der Waals surface area contributed by atoms with Gasteiger partial charge in [0.1, 0.15) is 5.75 Å². The second kappa shape index (κ2) is 6.60. The highest BCUT2D eigenvalue weighted by Crippen LogP contribution is 2.28. The maximum Gasteiger partial charge on any atom is 0.122 e. The van der Waals surface area contributed by atoms with Crippen molar-refractivity contribution in [2.45, 2.75) is 31.9 Å². The summed E-state index contributed by atoms with van der Waals surface area (Å²) in [5, 5.41) is 4.11. The van der Waals surface area contributed by atoms with Crippen molar-refractivity contribution in [3.05, 3.63) is 28.8 Å². The van der Waals surface area contributed by atoms with Crippen LogP contribution in [0.3, 0.4) is 0 Å². The van der Waals surface area contributed by atoms with Gasteiger partial charge in [-0.1, -0.05) is 18.5 Å². The van der Waals surface area contributed by atoms with E-state index in [9.17, 15) is 0 Å². The normalized spacial score (nSPS) is 24.4. The van der Waals surface area contributed by atoms with Crippen molar-refractivity contribution in [1.82, 2.24) is 5.32 Å². The third-order valence-corrected chi connectivity index (χ3v) is 4.13. The van der Waals surface area contributed by atoms with E-state index in [0.29, 0.717) is 5.92 Å². The standard InChI is InChI=1S/C15H22ClNO2/c1-10-6-7-19-15(10)13(17-2)9-11-8-12(16)4-5-14(11)18-3/h4-5,8,10,13,15,17H,6-7,9H2,1-3H3. The summed E-state index contributed by atoms with van der Waals surface area (Å²) in [5.41, 5.74) is 1.12. The number of benzene rings is 1. The van der Waals surface area contributed by atoms with Crippen LogP contribution in [0.15, 0.2) is 18.2 Å². The van der Waals surface area contributed by atoms with Crippen LogP contribution in [-0.4, -0.2) is 32.9 Å². The second-order valence-corrected chi connectivity index (χ2v) is 5.59. The molecule has 0 saturated carbocycles. The smallest absolute Gasteiger partial charge is 0.122 e. The molecule has 3 atom stereocenters. The van der Waals surface area contributed by atoms with Gasteiger partial charge in [0.15, 0.2) is 0 Å². The number of likely N-dealkylation sites (N-methyl/N-ethyl adjacent to an activating group) is 1. The Hall–Kier alpha value is -0.770. The third kappa shape index (κ3) is 3.41. The Labute approximate surface area is 120 Å². The minimum absolute atomic E-state index is 0.258. The van der Waals surface area contributed by atoms with Crippen LogP contribution in [0.4, 0.5) is 0 Å². The van der Waals surface area contributed by atoms with Gasteiger partial charge in [-0.05, 0) is 49.6 Å². The summed E-state index contributed by atoms with van der Waals surface area (Å²) in [4.78, 5) is 0. The second-order valence-electron chi connectivity index (χ2n) is 5.16. The molecular formula is C15H22ClNO2. The van der Waals surface area contributed by atoms with E-state index in [4.69, 9.17) is 21.1 Å². The quantitative estimate of drug-likeness (QED) is 0.901. The van der Waals surface area contributed by atoms with Crippen molar-refractivity contribution in [1.29, 1.82) is 0 Å². The lowest BCUT2D eigenvalue weighted by molar-refractivity contribution is 0.0632. The summed E-state index contributed by atoms with van der Waals surface area (Å²) in [7, 11) is 3.67. The van der Waals surface area contributed by atoms with Crippen molar-refractivity contribution in [3.8, 4) is 5.75 Å². The zero-order valence-electron chi connectivity index (χ0n) is 11.8. The Morgan fingerprint density at radius 1 is 1.53 bits per heavy atom. The van der Waals surface area contributed by atoms with Crippen molar-refractivity contribution >= 4 is 11.6 Å². The maximum absolute atomic E-state index is 6.08. The van der Waals surface area contributed by atoms with Crippen LogP contribution in [0.2, 0.25) is 5.02 Å². The van der Waals surface area contributed by atoms with Gasteiger partial charge >= 0.3 is 0 Å². The molecule has 3 unspecified atom stereocenters. The lowest BCUT2D eigenvalue weighted by Crippen LogP contribution is -2.42. The van der Waals surface area contributed by atoms with E-state index in [0.717, 1.165) is 35.8 Å². The summed E-state index contributed by atoms with van der Waals surface area (Å²) in [5.74, 6) is 1.47. The Morgan fingerprint density at radius 3 is 2.89 bits per heavy atom. The number of ether oxygens (including phenoxy) is 2. The van der Waals surface area contributed by atoms with Crippen LogP contribution in [0.1, 0.15) is 18.9 Å². The first-order chi connectivity index (χ1) is 9.15. The molecule has 19 heavy (non-hydrogen) atoms. The number of nitrogens with one attached hydrogen (secondary N) is 1. The fraction of sp³-hybridized carbons (Fsp3) is 0.600. The SMILES string of the molecule is CNC(Cc1cc(Cl)ccc1OC)C1OCCC1C. The third-order valence-electron chi connectivity index (χ3n) is 3.89. The number of methoxy groups -OCH3 is 1. The number of hydrogen-bond acceptors (Lipinski definition) is 3. The molecule has 0 bridgehead atoms. The lowest BCUT2D eigenvalue weighted by atomic mass is 9.93. The van der Waals surface area contributed by atoms with E-state index in [1.807, 2.05) is 25.2 Å². The van der Waals surface area contributed by atoms with Gasteiger partial charge in [0.2, 0.25) is 0 Å². The minimum Gasteiger partial charge on any atom is -0.496 e. The van der Waals surface area contributed by atoms with Gasteiger partial charge in [0.25, 0.3) is 0 Å². The zero-order chi connectivity index (χ0) is 13.8. The van der Waals surface area contributed by atoms with Gasteiger partial charge in [-0.2, -0.15) is 0 Å². The molecule has 1 heterocycles. The molecule has 4 heteroatoms. The molecule has 0 radical (unpaired) electrons. The molecule has 0 aliphatic carbocycles. The molecule has 1 aromatic rings. The van der Waals surface area contributed by atoms with Crippen LogP contribution in [0, 0.1) is 5.92 Å². The Morgan fingerprint density at radius 2 is 2.32 bits per heavy atom. The first kappa shape index (κ1) is 14.6. The van der Waals surface area contributed by atoms with E-state index in [1.54, 1.807) is 7.11 Å². The molecule has 3 nitrogen and oxygen atoms in total. The predicted octanol–water partition coefficient (Wildman–Crippen LogP) is 2.90. The molecule has 1 aliphatic rings. The molecule has 1 fully saturated rings. The summed E-state index contributed by atoms with van der Waals surface area (Å²) in [6.45, 7) is 3.11. The highest BCUT2D eigenvalue weighted by Gasteiger charge is 2.31. The fourth-order valence-corrected chi connectivity index (χ4v) is 2.95. The van der Waals surface area contributed by atoms with Crippen molar-refractivity contribution in [2.24, 2.45) is 5.92 Å². The van der Waals surface area contributed by atoms with Crippen molar-refractivity contribution in [3.63, 3.8) is 0 Å². The van der Waals surface area contributed by atoms with Crippen LogP contribution in [-0.2, 0) is 11.2 Å². The molecular weight excluding hydrogens is 262 g/mol. The Bertz CT molecular complexity index is 425. The van der Waals surface area contributed by atoms with E-state index in [-0.39, 0.29) is 12.1 Å². The monoisotopic (exact) mass is 283 g/mol. The summed E-state index contributed by atoms with van der Waals surface area (Å²) in [6, 6.07) is 6.03. The molecule has 0 spiro atoms. The molecule has 0 amide bonds. The first-order valence-corrected chi connectivity index (χ1v) is 7.14. The number of halogens is 1. The molecule has 1 saturated heterocycles. The summed E-state index contributed by atoms with van der Waals surface area (Å²) >= 11 is 6.08. The topological polar surface area (TPSA) is 30.5 Å². The van der Waals surface area contributed by atoms with Gasteiger partial charge in [-0.25, -0.2) is 0 Å². The summed E-state index contributed by atoms with van der Waals surface area (Å²) in [6.07, 6.45) is 2.25. The molecule has 0 aromatic heterocycles. The average molecular weight is 284 g/mol. The lowest BCUT2D eigenvalue weighted by Gasteiger charge is -2.26. The van der Waals surface area contributed by atoms with E-state index in [2.05, 4.69) is 12.2 Å². The predicted molar refractivity (Wildman–Crippen MR) is 78.1 cm³/mol. The number of rotatable bonds is 5. The van der Waals surface area contributed by atoms with E-state index in [1.165, 1.54) is 0 Å². The maximum atomic E-state index is 6.08. The highest BCUT2D eigenvalue weighted by molar-refractivity contribution is 6.30. The average Bonchev–Trinajstić information content (AvgIpc) is 2.82. The molecule has 1 N–H and O–H groups in total. The van der Waals surface area contributed by atoms with Gasteiger partial charge in [-0.3, -0.25) is 0 Å². The Balaban J connectivity index is 2.15. The zero-order valence-corrected chi connectivity index (χ0v) is 12.5. The van der Waals surface area contributed by atoms with E-state index >= 15 is 0 Å². The molecule has 1 aromatic carbocycles. The van der Waals surface area contributed by atoms with Gasteiger partial charge in [-0.15, -0.1) is 0 Å². The van der Waals surface area contributed by atoms with Crippen molar-refractivity contribution in [2.75, 3.05) is 20.8 Å². The van der Waals surface area contributed by atoms with Gasteiger partial charge in [0, 0.05) is 17.7 Å². The number of hydrogen-bond donors (Lipinski definition) is 1. The van der Waals surface area contributed by atoms with Crippen molar-refractivity contribution < 1.29 is 9.47 Å². The van der Waals surface area contributed by atoms with Crippen LogP contribution in [0.5, 0.6) is 5.75 Å². The van der Waals surface area contributed by atoms with Crippen LogP contribution < -0.4 is 10.1 Å². The molecule has 106 valence electrons. The molecule has 1 aliphatic heterocycles. The fourth-order valence-electron chi connectivity index (χ4n) is 2.76. The van der Waals surface area contributed by atoms with Crippen LogP contribution in [0.25, 0.3) is 0 Å². The van der Waals surface area contributed by atoms with Crippen LogP contribution >= 0.6 is 11.6 Å².